The molecule has 55 heavy (non-hydrogen) atoms. The molecule has 0 bridgehead atoms. The number of halogens is 1. The van der Waals surface area contributed by atoms with Gasteiger partial charge in [-0.15, -0.1) is 0 Å². The first-order valence-electron chi connectivity index (χ1n) is 19.6. The van der Waals surface area contributed by atoms with Crippen LogP contribution in [0.5, 0.6) is 5.75 Å². The minimum absolute atomic E-state index is 0.0331. The lowest BCUT2D eigenvalue weighted by atomic mass is 9.92. The van der Waals surface area contributed by atoms with Gasteiger partial charge in [0.25, 0.3) is 5.91 Å². The van der Waals surface area contributed by atoms with E-state index in [1.165, 1.54) is 5.69 Å². The summed E-state index contributed by atoms with van der Waals surface area (Å²) in [6, 6.07) is 19.5. The second-order valence-electron chi connectivity index (χ2n) is 15.4. The zero-order chi connectivity index (χ0) is 37.9. The van der Waals surface area contributed by atoms with Crippen molar-refractivity contribution in [1.82, 2.24) is 25.1 Å². The van der Waals surface area contributed by atoms with Crippen molar-refractivity contribution in [3.63, 3.8) is 0 Å². The molecule has 8 rings (SSSR count). The van der Waals surface area contributed by atoms with E-state index in [-0.39, 0.29) is 30.4 Å². The minimum Gasteiger partial charge on any atom is -0.490 e. The first-order chi connectivity index (χ1) is 26.8. The van der Waals surface area contributed by atoms with Crippen molar-refractivity contribution in [2.24, 2.45) is 5.92 Å². The van der Waals surface area contributed by atoms with Crippen LogP contribution in [0.3, 0.4) is 0 Å². The van der Waals surface area contributed by atoms with E-state index in [1.54, 1.807) is 29.3 Å². The first-order valence-corrected chi connectivity index (χ1v) is 20.0. The van der Waals surface area contributed by atoms with Gasteiger partial charge in [-0.3, -0.25) is 19.8 Å². The van der Waals surface area contributed by atoms with Crippen LogP contribution in [0.25, 0.3) is 10.9 Å². The maximum atomic E-state index is 13.1. The van der Waals surface area contributed by atoms with Crippen LogP contribution in [0.2, 0.25) is 5.02 Å². The Labute approximate surface area is 326 Å². The van der Waals surface area contributed by atoms with Crippen molar-refractivity contribution >= 4 is 51.9 Å². The minimum atomic E-state index is -0.410. The molecule has 0 atom stereocenters. The smallest absolute Gasteiger partial charge is 0.329 e. The summed E-state index contributed by atoms with van der Waals surface area (Å²) in [6.07, 6.45) is 12.1. The van der Waals surface area contributed by atoms with Crippen molar-refractivity contribution in [3.8, 4) is 11.8 Å². The molecule has 0 spiro atoms. The van der Waals surface area contributed by atoms with Crippen LogP contribution in [0.15, 0.2) is 67.0 Å². The van der Waals surface area contributed by atoms with Gasteiger partial charge >= 0.3 is 6.03 Å². The molecule has 12 nitrogen and oxygen atoms in total. The van der Waals surface area contributed by atoms with E-state index >= 15 is 0 Å². The first kappa shape index (κ1) is 36.8. The number of nitrogens with zero attached hydrogens (tertiary/aromatic N) is 6. The van der Waals surface area contributed by atoms with E-state index in [4.69, 9.17) is 21.6 Å². The molecule has 13 heteroatoms. The molecule has 0 unspecified atom stereocenters. The van der Waals surface area contributed by atoms with E-state index in [9.17, 15) is 14.4 Å². The van der Waals surface area contributed by atoms with Gasteiger partial charge in [0.1, 0.15) is 17.6 Å². The van der Waals surface area contributed by atoms with E-state index < -0.39 is 6.03 Å². The number of hydrogen-bond acceptors (Lipinski definition) is 8. The number of pyridine rings is 1. The van der Waals surface area contributed by atoms with Gasteiger partial charge in [0, 0.05) is 92.9 Å². The molecule has 2 N–H and O–H groups in total. The molecule has 4 fully saturated rings. The Kier molecular flexibility index (Phi) is 10.9. The number of urea groups is 1. The molecule has 2 aromatic heterocycles. The van der Waals surface area contributed by atoms with Gasteiger partial charge in [-0.1, -0.05) is 11.6 Å². The van der Waals surface area contributed by atoms with Crippen molar-refractivity contribution in [1.29, 1.82) is 5.26 Å². The average molecular weight is 763 g/mol. The number of anilines is 2. The molecular weight excluding hydrogens is 716 g/mol. The van der Waals surface area contributed by atoms with E-state index in [2.05, 4.69) is 54.4 Å². The summed E-state index contributed by atoms with van der Waals surface area (Å²) >= 11 is 6.16. The molecule has 5 heterocycles. The number of nitrogens with one attached hydrogen (secondary N) is 2. The molecule has 1 aliphatic carbocycles. The third kappa shape index (κ3) is 8.28. The number of nitriles is 1. The summed E-state index contributed by atoms with van der Waals surface area (Å²) in [5.41, 5.74) is 3.37. The predicted octanol–water partition coefficient (Wildman–Crippen LogP) is 6.68. The molecule has 0 radical (unpaired) electrons. The standard InChI is InChI=1S/C42H47ClN8O4/c43-37-25-35(8-3-30(37)26-44)55-34-9-4-31(5-10-34)46-41(53)29-1-6-32(7-2-29)49-21-12-28(13-22-49)27-48-19-14-33(15-20-48)50-23-16-36-38(50)11-18-45-40(36)51-24-17-39(52)47-42(51)54/h1-3,6-8,11,16,18,23,25,28,31,33-34H,4-5,9-10,12-15,17,19-22,24,27H2,(H,46,53)(H,47,52,54). The fourth-order valence-corrected chi connectivity index (χ4v) is 8.97. The fourth-order valence-electron chi connectivity index (χ4n) is 8.76. The number of fused-ring (bicyclic) bond motifs is 1. The fraction of sp³-hybridized carbons (Fsp3) is 0.452. The number of rotatable bonds is 9. The highest BCUT2D eigenvalue weighted by atomic mass is 35.5. The second-order valence-corrected chi connectivity index (χ2v) is 15.8. The zero-order valence-corrected chi connectivity index (χ0v) is 31.7. The van der Waals surface area contributed by atoms with Crippen molar-refractivity contribution in [2.75, 3.05) is 49.1 Å². The summed E-state index contributed by atoms with van der Waals surface area (Å²) in [6.45, 7) is 5.62. The number of ether oxygens (including phenoxy) is 1. The zero-order valence-electron chi connectivity index (χ0n) is 31.0. The Balaban J connectivity index is 0.760. The van der Waals surface area contributed by atoms with E-state index in [0.29, 0.717) is 46.2 Å². The maximum absolute atomic E-state index is 13.1. The van der Waals surface area contributed by atoms with Crippen LogP contribution in [0, 0.1) is 17.2 Å². The van der Waals surface area contributed by atoms with Crippen LogP contribution >= 0.6 is 11.6 Å². The molecule has 286 valence electrons. The van der Waals surface area contributed by atoms with Crippen LogP contribution in [0.4, 0.5) is 16.3 Å². The van der Waals surface area contributed by atoms with E-state index in [1.807, 2.05) is 24.3 Å². The summed E-state index contributed by atoms with van der Waals surface area (Å²) in [5, 5.41) is 16.1. The number of imide groups is 1. The van der Waals surface area contributed by atoms with Gasteiger partial charge in [0.2, 0.25) is 5.91 Å². The van der Waals surface area contributed by atoms with Crippen molar-refractivity contribution in [2.45, 2.75) is 76.0 Å². The number of hydrogen-bond donors (Lipinski definition) is 2. The van der Waals surface area contributed by atoms with Crippen molar-refractivity contribution in [3.05, 3.63) is 83.1 Å². The number of likely N-dealkylation sites (tertiary alicyclic amines) is 1. The van der Waals surface area contributed by atoms with Crippen molar-refractivity contribution < 1.29 is 19.1 Å². The third-order valence-corrected chi connectivity index (χ3v) is 12.2. The van der Waals surface area contributed by atoms with Crippen LogP contribution in [-0.2, 0) is 4.79 Å². The topological polar surface area (TPSA) is 136 Å². The van der Waals surface area contributed by atoms with Gasteiger partial charge in [-0.25, -0.2) is 9.78 Å². The Hall–Kier alpha value is -5.12. The summed E-state index contributed by atoms with van der Waals surface area (Å²) < 4.78 is 8.45. The Morgan fingerprint density at radius 3 is 2.40 bits per heavy atom. The molecule has 4 aromatic rings. The Bertz CT molecular complexity index is 2070. The SMILES string of the molecule is N#Cc1ccc(OC2CCC(NC(=O)c3ccc(N4CCC(CN5CCC(n6ccc7c(N8CCC(=O)NC8=O)nccc76)CC5)CC4)cc3)CC2)cc1Cl. The number of benzene rings is 2. The molecule has 3 saturated heterocycles. The highest BCUT2D eigenvalue weighted by molar-refractivity contribution is 6.31. The van der Waals surface area contributed by atoms with Crippen LogP contribution in [-0.4, -0.2) is 83.7 Å². The largest absolute Gasteiger partial charge is 0.490 e. The Morgan fingerprint density at radius 2 is 1.69 bits per heavy atom. The van der Waals surface area contributed by atoms with Gasteiger partial charge in [-0.05, 0) is 106 Å². The van der Waals surface area contributed by atoms with E-state index in [0.717, 1.165) is 95.0 Å². The number of piperidine rings is 2. The van der Waals surface area contributed by atoms with Gasteiger partial charge in [-0.2, -0.15) is 5.26 Å². The molecule has 1 saturated carbocycles. The molecular formula is C42H47ClN8O4. The lowest BCUT2D eigenvalue weighted by molar-refractivity contribution is -0.120. The van der Waals surface area contributed by atoms with Gasteiger partial charge < -0.3 is 24.4 Å². The number of amides is 4. The highest BCUT2D eigenvalue weighted by Crippen LogP contribution is 2.33. The molecule has 4 amide bonds. The maximum Gasteiger partial charge on any atom is 0.329 e. The quantitative estimate of drug-likeness (QED) is 0.193. The summed E-state index contributed by atoms with van der Waals surface area (Å²) in [5.74, 6) is 1.67. The van der Waals surface area contributed by atoms with Crippen LogP contribution < -0.4 is 25.2 Å². The summed E-state index contributed by atoms with van der Waals surface area (Å²) in [4.78, 5) is 48.4. The predicted molar refractivity (Wildman–Crippen MR) is 212 cm³/mol. The lowest BCUT2D eigenvalue weighted by Crippen LogP contribution is -2.49. The number of carbonyl (C=O) groups is 3. The van der Waals surface area contributed by atoms with Gasteiger partial charge in [0.05, 0.1) is 22.2 Å². The van der Waals surface area contributed by atoms with Crippen LogP contribution in [0.1, 0.15) is 79.8 Å². The molecule has 4 aliphatic rings. The molecule has 2 aromatic carbocycles. The second kappa shape index (κ2) is 16.3. The molecule has 3 aliphatic heterocycles. The summed E-state index contributed by atoms with van der Waals surface area (Å²) in [7, 11) is 0. The normalized spacial score (nSPS) is 21.7. The highest BCUT2D eigenvalue weighted by Gasteiger charge is 2.30. The lowest BCUT2D eigenvalue weighted by Gasteiger charge is -2.38. The average Bonchev–Trinajstić information content (AvgIpc) is 3.64. The third-order valence-electron chi connectivity index (χ3n) is 11.9. The Morgan fingerprint density at radius 1 is 0.927 bits per heavy atom. The number of carbonyl (C=O) groups excluding carboxylic acids is 3. The monoisotopic (exact) mass is 762 g/mol. The number of aromatic nitrogens is 2. The van der Waals surface area contributed by atoms with Gasteiger partial charge in [0.15, 0.2) is 0 Å².